The van der Waals surface area contributed by atoms with E-state index in [0.29, 0.717) is 40.3 Å². The third kappa shape index (κ3) is 3.93. The molecular weight excluding hydrogens is 399 g/mol. The molecule has 2 aromatic carbocycles. The molecule has 0 unspecified atom stereocenters. The molecule has 1 aromatic heterocycles. The van der Waals surface area contributed by atoms with Gasteiger partial charge in [-0.25, -0.2) is 0 Å². The van der Waals surface area contributed by atoms with Gasteiger partial charge in [-0.2, -0.15) is 10.1 Å². The molecule has 0 N–H and O–H groups in total. The van der Waals surface area contributed by atoms with Crippen LogP contribution in [0, 0.1) is 6.92 Å². The van der Waals surface area contributed by atoms with Gasteiger partial charge >= 0.3 is 0 Å². The minimum Gasteiger partial charge on any atom is -0.339 e. The number of hydrazone groups is 1. The zero-order chi connectivity index (χ0) is 19.7. The molecule has 4 rings (SSSR count). The topological polar surface area (TPSA) is 71.6 Å². The molecule has 0 saturated heterocycles. The van der Waals surface area contributed by atoms with Crippen LogP contribution in [0.4, 0.5) is 0 Å². The number of halogens is 2. The van der Waals surface area contributed by atoms with E-state index in [9.17, 15) is 4.79 Å². The highest BCUT2D eigenvalue weighted by atomic mass is 35.5. The van der Waals surface area contributed by atoms with Crippen LogP contribution in [0.5, 0.6) is 0 Å². The lowest BCUT2D eigenvalue weighted by Gasteiger charge is -2.12. The van der Waals surface area contributed by atoms with Crippen LogP contribution in [0.3, 0.4) is 0 Å². The predicted molar refractivity (Wildman–Crippen MR) is 108 cm³/mol. The largest absolute Gasteiger partial charge is 0.339 e. The van der Waals surface area contributed by atoms with Gasteiger partial charge in [0.05, 0.1) is 12.3 Å². The number of carbonyl (C=O) groups excluding carboxylic acids is 1. The van der Waals surface area contributed by atoms with Crippen LogP contribution in [-0.2, 0) is 0 Å². The van der Waals surface area contributed by atoms with Gasteiger partial charge in [-0.15, -0.1) is 0 Å². The third-order valence-corrected chi connectivity index (χ3v) is 4.97. The smallest absolute Gasteiger partial charge is 0.223 e. The van der Waals surface area contributed by atoms with Gasteiger partial charge in [0.1, 0.15) is 0 Å². The SMILES string of the molecule is Cc1nc(-c2cccc(C(=O)CN3CCC(c4cc(Cl)ccc4Cl)=N3)c2)no1. The van der Waals surface area contributed by atoms with Gasteiger partial charge in [0.15, 0.2) is 5.78 Å². The number of benzene rings is 2. The van der Waals surface area contributed by atoms with Gasteiger partial charge in [0, 0.05) is 46.6 Å². The van der Waals surface area contributed by atoms with Crippen LogP contribution in [-0.4, -0.2) is 39.7 Å². The molecule has 1 aliphatic rings. The zero-order valence-electron chi connectivity index (χ0n) is 15.0. The second-order valence-electron chi connectivity index (χ2n) is 6.45. The van der Waals surface area contributed by atoms with Crippen molar-refractivity contribution in [3.05, 3.63) is 69.5 Å². The zero-order valence-corrected chi connectivity index (χ0v) is 16.5. The Kier molecular flexibility index (Phi) is 5.15. The monoisotopic (exact) mass is 414 g/mol. The number of rotatable bonds is 5. The summed E-state index contributed by atoms with van der Waals surface area (Å²) >= 11 is 12.3. The van der Waals surface area contributed by atoms with E-state index in [-0.39, 0.29) is 12.3 Å². The summed E-state index contributed by atoms with van der Waals surface area (Å²) in [4.78, 5) is 16.9. The summed E-state index contributed by atoms with van der Waals surface area (Å²) in [5, 5.41) is 11.4. The van der Waals surface area contributed by atoms with Crippen LogP contribution < -0.4 is 0 Å². The summed E-state index contributed by atoms with van der Waals surface area (Å²) in [6.07, 6.45) is 0.704. The molecule has 0 fully saturated rings. The Morgan fingerprint density at radius 3 is 2.86 bits per heavy atom. The van der Waals surface area contributed by atoms with Gasteiger partial charge in [-0.3, -0.25) is 9.80 Å². The standard InChI is InChI=1S/C20H16Cl2N4O2/c1-12-23-20(25-28-12)14-4-2-3-13(9-14)19(27)11-26-8-7-18(24-26)16-10-15(21)5-6-17(16)22/h2-6,9-10H,7-8,11H2,1H3. The third-order valence-electron chi connectivity index (χ3n) is 4.40. The number of carbonyl (C=O) groups is 1. The Bertz CT molecular complexity index is 1080. The second kappa shape index (κ2) is 7.73. The first-order chi connectivity index (χ1) is 13.5. The molecule has 0 radical (unpaired) electrons. The van der Waals surface area contributed by atoms with E-state index >= 15 is 0 Å². The fourth-order valence-corrected chi connectivity index (χ4v) is 3.43. The quantitative estimate of drug-likeness (QED) is 0.568. The summed E-state index contributed by atoms with van der Waals surface area (Å²) in [6.45, 7) is 2.55. The van der Waals surface area contributed by atoms with E-state index in [1.165, 1.54) is 0 Å². The summed E-state index contributed by atoms with van der Waals surface area (Å²) in [5.41, 5.74) is 2.94. The minimum atomic E-state index is -0.0377. The van der Waals surface area contributed by atoms with Crippen molar-refractivity contribution in [1.82, 2.24) is 15.1 Å². The molecule has 28 heavy (non-hydrogen) atoms. The first-order valence-electron chi connectivity index (χ1n) is 8.71. The maximum atomic E-state index is 12.7. The van der Waals surface area contributed by atoms with Gasteiger partial charge in [-0.1, -0.05) is 46.6 Å². The molecule has 0 spiro atoms. The lowest BCUT2D eigenvalue weighted by Crippen LogP contribution is -2.23. The summed E-state index contributed by atoms with van der Waals surface area (Å²) in [7, 11) is 0. The highest BCUT2D eigenvalue weighted by Crippen LogP contribution is 2.25. The van der Waals surface area contributed by atoms with E-state index in [0.717, 1.165) is 16.8 Å². The maximum Gasteiger partial charge on any atom is 0.223 e. The van der Waals surface area contributed by atoms with Gasteiger partial charge in [0.2, 0.25) is 11.7 Å². The number of aromatic nitrogens is 2. The molecule has 0 saturated carbocycles. The Morgan fingerprint density at radius 1 is 1.21 bits per heavy atom. The van der Waals surface area contributed by atoms with Crippen molar-refractivity contribution in [2.45, 2.75) is 13.3 Å². The number of nitrogens with zero attached hydrogens (tertiary/aromatic N) is 4. The first-order valence-corrected chi connectivity index (χ1v) is 9.47. The number of ketones is 1. The molecule has 0 atom stereocenters. The number of hydrogen-bond donors (Lipinski definition) is 0. The molecule has 8 heteroatoms. The van der Waals surface area contributed by atoms with Crippen molar-refractivity contribution in [2.75, 3.05) is 13.1 Å². The highest BCUT2D eigenvalue weighted by Gasteiger charge is 2.21. The number of hydrogen-bond acceptors (Lipinski definition) is 6. The second-order valence-corrected chi connectivity index (χ2v) is 7.29. The van der Waals surface area contributed by atoms with E-state index in [4.69, 9.17) is 27.7 Å². The fraction of sp³-hybridized carbons (Fsp3) is 0.200. The molecular formula is C20H16Cl2N4O2. The van der Waals surface area contributed by atoms with Crippen molar-refractivity contribution in [2.24, 2.45) is 5.10 Å². The maximum absolute atomic E-state index is 12.7. The van der Waals surface area contributed by atoms with E-state index in [1.54, 1.807) is 48.3 Å². The Labute approximate surface area is 171 Å². The molecule has 6 nitrogen and oxygen atoms in total. The van der Waals surface area contributed by atoms with E-state index in [2.05, 4.69) is 15.2 Å². The molecule has 142 valence electrons. The average Bonchev–Trinajstić information content (AvgIpc) is 3.33. The molecule has 0 bridgehead atoms. The van der Waals surface area contributed by atoms with Gasteiger partial charge < -0.3 is 4.52 Å². The van der Waals surface area contributed by atoms with E-state index < -0.39 is 0 Å². The number of Topliss-reactive ketones (excluding diaryl/α,β-unsaturated/α-hetero) is 1. The predicted octanol–water partition coefficient (Wildman–Crippen LogP) is 4.64. The normalized spacial score (nSPS) is 13.7. The summed E-state index contributed by atoms with van der Waals surface area (Å²) < 4.78 is 5.01. The van der Waals surface area contributed by atoms with Crippen LogP contribution >= 0.6 is 23.2 Å². The van der Waals surface area contributed by atoms with E-state index in [1.807, 2.05) is 6.07 Å². The van der Waals surface area contributed by atoms with Crippen LogP contribution in [0.1, 0.15) is 28.2 Å². The lowest BCUT2D eigenvalue weighted by molar-refractivity contribution is 0.0940. The van der Waals surface area contributed by atoms with Crippen LogP contribution in [0.2, 0.25) is 10.0 Å². The van der Waals surface area contributed by atoms with Gasteiger partial charge in [-0.05, 0) is 24.3 Å². The minimum absolute atomic E-state index is 0.0377. The van der Waals surface area contributed by atoms with Crippen LogP contribution in [0.15, 0.2) is 52.1 Å². The Morgan fingerprint density at radius 2 is 2.07 bits per heavy atom. The Balaban J connectivity index is 1.50. The van der Waals surface area contributed by atoms with Crippen molar-refractivity contribution >= 4 is 34.7 Å². The fourth-order valence-electron chi connectivity index (χ4n) is 3.03. The van der Waals surface area contributed by atoms with Gasteiger partial charge in [0.25, 0.3) is 0 Å². The first kappa shape index (κ1) is 18.7. The molecule has 0 aliphatic carbocycles. The lowest BCUT2D eigenvalue weighted by atomic mass is 10.1. The summed E-state index contributed by atoms with van der Waals surface area (Å²) in [5.74, 6) is 0.902. The molecule has 1 aliphatic heterocycles. The average molecular weight is 415 g/mol. The number of aryl methyl sites for hydroxylation is 1. The van der Waals surface area contributed by atoms with Crippen molar-refractivity contribution in [1.29, 1.82) is 0 Å². The van der Waals surface area contributed by atoms with Crippen molar-refractivity contribution in [3.63, 3.8) is 0 Å². The van der Waals surface area contributed by atoms with Crippen molar-refractivity contribution in [3.8, 4) is 11.4 Å². The Hall–Kier alpha value is -2.70. The highest BCUT2D eigenvalue weighted by molar-refractivity contribution is 6.36. The van der Waals surface area contributed by atoms with Crippen molar-refractivity contribution < 1.29 is 9.32 Å². The molecule has 0 amide bonds. The van der Waals surface area contributed by atoms with Crippen LogP contribution in [0.25, 0.3) is 11.4 Å². The summed E-state index contributed by atoms with van der Waals surface area (Å²) in [6, 6.07) is 12.5. The molecule has 3 aromatic rings. The molecule has 2 heterocycles.